The minimum Gasteiger partial charge on any atom is -0.467 e. The monoisotopic (exact) mass is 211 g/mol. The van der Waals surface area contributed by atoms with Crippen LogP contribution in [0.15, 0.2) is 22.8 Å². The number of carbonyl (C=O) groups is 1. The second-order valence-corrected chi connectivity index (χ2v) is 3.45. The first kappa shape index (κ1) is 10.0. The van der Waals surface area contributed by atoms with Gasteiger partial charge in [-0.3, -0.25) is 4.90 Å². The van der Waals surface area contributed by atoms with Crippen LogP contribution >= 0.6 is 0 Å². The van der Waals surface area contributed by atoms with E-state index in [0.717, 1.165) is 0 Å². The Morgan fingerprint density at radius 3 is 3.13 bits per heavy atom. The maximum Gasteiger partial charge on any atom is 0.410 e. The zero-order valence-electron chi connectivity index (χ0n) is 8.26. The van der Waals surface area contributed by atoms with Crippen molar-refractivity contribution < 1.29 is 19.1 Å². The third kappa shape index (κ3) is 2.12. The number of cyclic esters (lactones) is 1. The molecule has 1 saturated heterocycles. The third-order valence-electron chi connectivity index (χ3n) is 2.47. The molecule has 0 saturated carbocycles. The molecule has 5 nitrogen and oxygen atoms in total. The van der Waals surface area contributed by atoms with E-state index in [9.17, 15) is 4.79 Å². The number of carbonyl (C=O) groups excluding carboxylic acids is 1. The van der Waals surface area contributed by atoms with E-state index in [2.05, 4.69) is 0 Å². The van der Waals surface area contributed by atoms with Gasteiger partial charge >= 0.3 is 6.09 Å². The Morgan fingerprint density at radius 1 is 1.60 bits per heavy atom. The Labute approximate surface area is 87.2 Å². The van der Waals surface area contributed by atoms with Crippen molar-refractivity contribution in [3.05, 3.63) is 24.2 Å². The summed E-state index contributed by atoms with van der Waals surface area (Å²) in [5, 5.41) is 9.13. The van der Waals surface area contributed by atoms with Crippen molar-refractivity contribution in [2.45, 2.75) is 19.0 Å². The molecule has 1 aromatic heterocycles. The van der Waals surface area contributed by atoms with Crippen molar-refractivity contribution >= 4 is 6.09 Å². The molecule has 1 atom stereocenters. The molecular weight excluding hydrogens is 198 g/mol. The van der Waals surface area contributed by atoms with Crippen molar-refractivity contribution in [1.82, 2.24) is 4.90 Å². The molecule has 1 aliphatic heterocycles. The van der Waals surface area contributed by atoms with Gasteiger partial charge in [-0.2, -0.15) is 0 Å². The number of hydrogen-bond acceptors (Lipinski definition) is 4. The van der Waals surface area contributed by atoms with Crippen molar-refractivity contribution in [3.8, 4) is 0 Å². The summed E-state index contributed by atoms with van der Waals surface area (Å²) in [6, 6.07) is 3.38. The first-order valence-electron chi connectivity index (χ1n) is 4.88. The fourth-order valence-corrected chi connectivity index (χ4v) is 1.62. The van der Waals surface area contributed by atoms with Crippen LogP contribution in [0, 0.1) is 0 Å². The number of furan rings is 1. The van der Waals surface area contributed by atoms with Gasteiger partial charge in [0.1, 0.15) is 5.76 Å². The van der Waals surface area contributed by atoms with Crippen LogP contribution < -0.4 is 0 Å². The Bertz CT molecular complexity index is 322. The molecule has 1 unspecified atom stereocenters. The number of aliphatic hydroxyl groups excluding tert-OH is 1. The maximum absolute atomic E-state index is 11.4. The quantitative estimate of drug-likeness (QED) is 0.809. The highest BCUT2D eigenvalue weighted by atomic mass is 16.6. The van der Waals surface area contributed by atoms with Gasteiger partial charge in [0.25, 0.3) is 0 Å². The molecule has 0 spiro atoms. The van der Waals surface area contributed by atoms with Crippen LogP contribution in [0.1, 0.15) is 12.2 Å². The van der Waals surface area contributed by atoms with Gasteiger partial charge in [-0.25, -0.2) is 4.79 Å². The molecule has 1 amide bonds. The lowest BCUT2D eigenvalue weighted by Gasteiger charge is -2.33. The summed E-state index contributed by atoms with van der Waals surface area (Å²) in [5.41, 5.74) is 0. The Kier molecular flexibility index (Phi) is 2.91. The zero-order chi connectivity index (χ0) is 10.7. The van der Waals surface area contributed by atoms with E-state index >= 15 is 0 Å². The van der Waals surface area contributed by atoms with Gasteiger partial charge in [-0.1, -0.05) is 0 Å². The molecule has 5 heteroatoms. The topological polar surface area (TPSA) is 62.9 Å². The fourth-order valence-electron chi connectivity index (χ4n) is 1.62. The lowest BCUT2D eigenvalue weighted by Crippen LogP contribution is -2.46. The van der Waals surface area contributed by atoms with E-state index in [-0.39, 0.29) is 12.6 Å². The number of hydrogen-bond donors (Lipinski definition) is 1. The summed E-state index contributed by atoms with van der Waals surface area (Å²) in [6.45, 7) is 0.672. The highest BCUT2D eigenvalue weighted by Crippen LogP contribution is 2.16. The normalized spacial score (nSPS) is 21.5. The van der Waals surface area contributed by atoms with E-state index in [1.165, 1.54) is 4.90 Å². The van der Waals surface area contributed by atoms with E-state index in [1.54, 1.807) is 18.4 Å². The second kappa shape index (κ2) is 4.35. The zero-order valence-corrected chi connectivity index (χ0v) is 8.26. The summed E-state index contributed by atoms with van der Waals surface area (Å²) in [6.07, 6.45) is 1.82. The van der Waals surface area contributed by atoms with Crippen molar-refractivity contribution in [2.24, 2.45) is 0 Å². The summed E-state index contributed by atoms with van der Waals surface area (Å²) in [7, 11) is 0. The van der Waals surface area contributed by atoms with E-state index in [0.29, 0.717) is 25.3 Å². The molecule has 0 aliphatic carbocycles. The third-order valence-corrected chi connectivity index (χ3v) is 2.47. The average Bonchev–Trinajstić information content (AvgIpc) is 2.74. The van der Waals surface area contributed by atoms with Crippen LogP contribution in [0.3, 0.4) is 0 Å². The van der Waals surface area contributed by atoms with Gasteiger partial charge in [-0.05, 0) is 12.1 Å². The van der Waals surface area contributed by atoms with Crippen LogP contribution in [-0.2, 0) is 11.3 Å². The van der Waals surface area contributed by atoms with Crippen molar-refractivity contribution in [3.63, 3.8) is 0 Å². The van der Waals surface area contributed by atoms with Gasteiger partial charge in [0.05, 0.1) is 32.1 Å². The number of ether oxygens (including phenoxy) is 1. The van der Waals surface area contributed by atoms with Gasteiger partial charge in [0.2, 0.25) is 0 Å². The van der Waals surface area contributed by atoms with E-state index in [4.69, 9.17) is 14.3 Å². The molecule has 0 radical (unpaired) electrons. The number of aliphatic hydroxyl groups is 1. The molecule has 1 fully saturated rings. The van der Waals surface area contributed by atoms with Crippen LogP contribution in [0.25, 0.3) is 0 Å². The average molecular weight is 211 g/mol. The fraction of sp³-hybridized carbons (Fsp3) is 0.500. The van der Waals surface area contributed by atoms with Crippen LogP contribution in [-0.4, -0.2) is 35.4 Å². The molecule has 1 aromatic rings. The molecule has 2 rings (SSSR count). The summed E-state index contributed by atoms with van der Waals surface area (Å²) in [4.78, 5) is 12.9. The van der Waals surface area contributed by atoms with Crippen LogP contribution in [0.4, 0.5) is 4.79 Å². The van der Waals surface area contributed by atoms with Gasteiger partial charge in [0, 0.05) is 6.42 Å². The predicted octanol–water partition coefficient (Wildman–Crippen LogP) is 0.983. The summed E-state index contributed by atoms with van der Waals surface area (Å²) in [5.74, 6) is 0.687. The molecule has 0 aromatic carbocycles. The lowest BCUT2D eigenvalue weighted by molar-refractivity contribution is 0.0189. The maximum atomic E-state index is 11.4. The predicted molar refractivity (Wildman–Crippen MR) is 51.1 cm³/mol. The van der Waals surface area contributed by atoms with E-state index < -0.39 is 6.09 Å². The first-order valence-corrected chi connectivity index (χ1v) is 4.88. The van der Waals surface area contributed by atoms with E-state index in [1.807, 2.05) is 0 Å². The van der Waals surface area contributed by atoms with Crippen LogP contribution in [0.2, 0.25) is 0 Å². The lowest BCUT2D eigenvalue weighted by atomic mass is 10.2. The summed E-state index contributed by atoms with van der Waals surface area (Å²) < 4.78 is 10.1. The Morgan fingerprint density at radius 2 is 2.47 bits per heavy atom. The smallest absolute Gasteiger partial charge is 0.410 e. The molecule has 15 heavy (non-hydrogen) atoms. The standard InChI is InChI=1S/C10H13NO4/c12-7-8-3-5-15-10(13)11(8)6-9-2-1-4-14-9/h1-2,4,8,12H,3,5-7H2. The highest BCUT2D eigenvalue weighted by Gasteiger charge is 2.29. The largest absolute Gasteiger partial charge is 0.467 e. The Hall–Kier alpha value is -1.49. The van der Waals surface area contributed by atoms with Gasteiger partial charge in [0.15, 0.2) is 0 Å². The second-order valence-electron chi connectivity index (χ2n) is 3.45. The minimum absolute atomic E-state index is 0.0458. The first-order chi connectivity index (χ1) is 7.31. The molecule has 1 aliphatic rings. The van der Waals surface area contributed by atoms with Gasteiger partial charge in [-0.15, -0.1) is 0 Å². The molecule has 82 valence electrons. The summed E-state index contributed by atoms with van der Waals surface area (Å²) >= 11 is 0. The SMILES string of the molecule is O=C1OCCC(CO)N1Cc1ccco1. The molecule has 0 bridgehead atoms. The minimum atomic E-state index is -0.392. The number of amides is 1. The van der Waals surface area contributed by atoms with Gasteiger partial charge < -0.3 is 14.3 Å². The molecular formula is C10H13NO4. The Balaban J connectivity index is 2.06. The molecule has 1 N–H and O–H groups in total. The van der Waals surface area contributed by atoms with Crippen molar-refractivity contribution in [2.75, 3.05) is 13.2 Å². The van der Waals surface area contributed by atoms with Crippen LogP contribution in [0.5, 0.6) is 0 Å². The highest BCUT2D eigenvalue weighted by molar-refractivity contribution is 5.68. The number of nitrogens with zero attached hydrogens (tertiary/aromatic N) is 1. The van der Waals surface area contributed by atoms with Crippen molar-refractivity contribution in [1.29, 1.82) is 0 Å². The number of rotatable bonds is 3. The molecule has 2 heterocycles.